The van der Waals surface area contributed by atoms with Gasteiger partial charge >= 0.3 is 6.09 Å². The van der Waals surface area contributed by atoms with Gasteiger partial charge in [-0.2, -0.15) is 0 Å². The number of benzene rings is 2. The lowest BCUT2D eigenvalue weighted by Crippen LogP contribution is -2.49. The Hall–Kier alpha value is -3.78. The van der Waals surface area contributed by atoms with Crippen LogP contribution >= 0.6 is 11.6 Å². The minimum absolute atomic E-state index is 0.155. The second-order valence-corrected chi connectivity index (χ2v) is 9.39. The molecule has 9 heteroatoms. The van der Waals surface area contributed by atoms with E-state index in [-0.39, 0.29) is 18.6 Å². The molecule has 2 aromatic carbocycles. The lowest BCUT2D eigenvalue weighted by Gasteiger charge is -2.35. The molecule has 0 radical (unpaired) electrons. The fourth-order valence-corrected chi connectivity index (χ4v) is 4.37. The van der Waals surface area contributed by atoms with E-state index in [1.807, 2.05) is 43.3 Å². The second-order valence-electron chi connectivity index (χ2n) is 8.99. The van der Waals surface area contributed by atoms with Crippen LogP contribution in [-0.2, 0) is 11.3 Å². The summed E-state index contributed by atoms with van der Waals surface area (Å²) >= 11 is 6.37. The molecule has 0 unspecified atom stereocenters. The summed E-state index contributed by atoms with van der Waals surface area (Å²) in [6, 6.07) is 15.0. The molecule has 0 atom stereocenters. The average Bonchev–Trinajstić information content (AvgIpc) is 2.87. The highest BCUT2D eigenvalue weighted by Gasteiger charge is 2.24. The highest BCUT2D eigenvalue weighted by molar-refractivity contribution is 6.34. The van der Waals surface area contributed by atoms with Crippen LogP contribution in [0.1, 0.15) is 21.5 Å². The number of halogens is 1. The molecule has 0 saturated carbocycles. The Morgan fingerprint density at radius 2 is 1.78 bits per heavy atom. The first kappa shape index (κ1) is 25.3. The molecule has 2 amide bonds. The van der Waals surface area contributed by atoms with Gasteiger partial charge in [-0.3, -0.25) is 4.79 Å². The van der Waals surface area contributed by atoms with Crippen LogP contribution in [0, 0.1) is 6.92 Å². The smallest absolute Gasteiger partial charge is 0.410 e. The normalized spacial score (nSPS) is 13.4. The number of rotatable bonds is 5. The monoisotopic (exact) mass is 507 g/mol. The van der Waals surface area contributed by atoms with E-state index < -0.39 is 0 Å². The molecule has 0 aliphatic carbocycles. The van der Waals surface area contributed by atoms with Crippen molar-refractivity contribution >= 4 is 35.1 Å². The van der Waals surface area contributed by atoms with Gasteiger partial charge in [0.05, 0.1) is 16.3 Å². The van der Waals surface area contributed by atoms with E-state index in [0.717, 1.165) is 22.3 Å². The number of pyridine rings is 1. The zero-order valence-corrected chi connectivity index (χ0v) is 21.5. The first-order valence-corrected chi connectivity index (χ1v) is 12.1. The van der Waals surface area contributed by atoms with Crippen molar-refractivity contribution in [3.63, 3.8) is 0 Å². The molecule has 1 aromatic heterocycles. The van der Waals surface area contributed by atoms with Crippen LogP contribution in [-0.4, -0.2) is 67.1 Å². The summed E-state index contributed by atoms with van der Waals surface area (Å²) in [6.07, 6.45) is 1.43. The van der Waals surface area contributed by atoms with Crippen LogP contribution in [0.25, 0.3) is 11.1 Å². The third kappa shape index (κ3) is 5.54. The number of amides is 2. The first-order chi connectivity index (χ1) is 17.2. The van der Waals surface area contributed by atoms with Gasteiger partial charge in [-0.1, -0.05) is 41.9 Å². The van der Waals surface area contributed by atoms with Crippen molar-refractivity contribution in [1.82, 2.24) is 14.8 Å². The molecule has 8 nitrogen and oxygen atoms in total. The van der Waals surface area contributed by atoms with Crippen molar-refractivity contribution < 1.29 is 14.3 Å². The number of piperazine rings is 1. The predicted octanol–water partition coefficient (Wildman–Crippen LogP) is 4.45. The molecule has 1 aliphatic rings. The van der Waals surface area contributed by atoms with Gasteiger partial charge < -0.3 is 25.2 Å². The molecule has 3 aromatic rings. The minimum atomic E-state index is -0.317. The summed E-state index contributed by atoms with van der Waals surface area (Å²) in [6.45, 7) is 4.50. The fraction of sp³-hybridized carbons (Fsp3) is 0.296. The van der Waals surface area contributed by atoms with Crippen molar-refractivity contribution in [3.05, 3.63) is 76.4 Å². The van der Waals surface area contributed by atoms with Crippen LogP contribution in [0.4, 0.5) is 16.3 Å². The largest absolute Gasteiger partial charge is 0.445 e. The maximum absolute atomic E-state index is 12.5. The number of hydrogen-bond donors (Lipinski definition) is 1. The van der Waals surface area contributed by atoms with E-state index in [0.29, 0.717) is 48.3 Å². The number of nitrogens with zero attached hydrogens (tertiary/aromatic N) is 4. The average molecular weight is 508 g/mol. The SMILES string of the molecule is Cc1ccccc1COC(=O)N1CCN(c2ncc(-c3ccc(C(=O)N(C)C)c(Cl)c3)cc2N)CC1. The molecule has 188 valence electrons. The van der Waals surface area contributed by atoms with Gasteiger partial charge in [0.2, 0.25) is 0 Å². The molecule has 2 N–H and O–H groups in total. The Kier molecular flexibility index (Phi) is 7.64. The third-order valence-electron chi connectivity index (χ3n) is 6.28. The number of carbonyl (C=O) groups is 2. The van der Waals surface area contributed by atoms with Gasteiger partial charge in [0.15, 0.2) is 5.82 Å². The number of aromatic nitrogens is 1. The minimum Gasteiger partial charge on any atom is -0.445 e. The Bertz CT molecular complexity index is 1270. The van der Waals surface area contributed by atoms with Gasteiger partial charge in [-0.15, -0.1) is 0 Å². The van der Waals surface area contributed by atoms with Crippen molar-refractivity contribution in [2.45, 2.75) is 13.5 Å². The first-order valence-electron chi connectivity index (χ1n) is 11.7. The fourth-order valence-electron chi connectivity index (χ4n) is 4.11. The van der Waals surface area contributed by atoms with Crippen molar-refractivity contribution in [3.8, 4) is 11.1 Å². The number of nitrogens with two attached hydrogens (primary N) is 1. The van der Waals surface area contributed by atoms with Gasteiger partial charge in [-0.05, 0) is 41.8 Å². The standard InChI is InChI=1S/C27H30ClN5O3/c1-18-6-4-5-7-20(18)17-36-27(35)33-12-10-32(11-13-33)25-24(29)15-21(16-30-25)19-8-9-22(23(28)14-19)26(34)31(2)3/h4-9,14-16H,10-13,17,29H2,1-3H3. The quantitative estimate of drug-likeness (QED) is 0.548. The lowest BCUT2D eigenvalue weighted by atomic mass is 10.0. The summed E-state index contributed by atoms with van der Waals surface area (Å²) in [5.74, 6) is 0.523. The van der Waals surface area contributed by atoms with Crippen molar-refractivity contribution in [2.24, 2.45) is 0 Å². The lowest BCUT2D eigenvalue weighted by molar-refractivity contribution is 0.0827. The van der Waals surface area contributed by atoms with Gasteiger partial charge in [0.1, 0.15) is 6.61 Å². The molecule has 2 heterocycles. The summed E-state index contributed by atoms with van der Waals surface area (Å²) in [5, 5.41) is 0.374. The van der Waals surface area contributed by atoms with Gasteiger partial charge in [0.25, 0.3) is 5.91 Å². The van der Waals surface area contributed by atoms with Crippen molar-refractivity contribution in [1.29, 1.82) is 0 Å². The number of anilines is 2. The van der Waals surface area contributed by atoms with E-state index in [1.165, 1.54) is 4.90 Å². The van der Waals surface area contributed by atoms with E-state index in [4.69, 9.17) is 22.1 Å². The van der Waals surface area contributed by atoms with E-state index >= 15 is 0 Å². The zero-order chi connectivity index (χ0) is 25.8. The topological polar surface area (TPSA) is 92.0 Å². The highest BCUT2D eigenvalue weighted by Crippen LogP contribution is 2.30. The number of ether oxygens (including phenoxy) is 1. The number of carbonyl (C=O) groups excluding carboxylic acids is 2. The molecule has 1 aliphatic heterocycles. The maximum Gasteiger partial charge on any atom is 0.410 e. The molecule has 36 heavy (non-hydrogen) atoms. The Morgan fingerprint density at radius 1 is 1.06 bits per heavy atom. The van der Waals surface area contributed by atoms with E-state index in [9.17, 15) is 9.59 Å². The van der Waals surface area contributed by atoms with E-state index in [2.05, 4.69) is 9.88 Å². The molecular formula is C27H30ClN5O3. The Labute approximate surface area is 216 Å². The Morgan fingerprint density at radius 3 is 2.42 bits per heavy atom. The highest BCUT2D eigenvalue weighted by atomic mass is 35.5. The van der Waals surface area contributed by atoms with Gasteiger partial charge in [0, 0.05) is 52.0 Å². The molecule has 4 rings (SSSR count). The van der Waals surface area contributed by atoms with Crippen LogP contribution in [0.3, 0.4) is 0 Å². The summed E-state index contributed by atoms with van der Waals surface area (Å²) in [4.78, 5) is 34.6. The maximum atomic E-state index is 12.5. The number of hydrogen-bond acceptors (Lipinski definition) is 6. The van der Waals surface area contributed by atoms with Crippen LogP contribution < -0.4 is 10.6 Å². The number of nitrogen functional groups attached to an aromatic ring is 1. The molecule has 0 bridgehead atoms. The summed E-state index contributed by atoms with van der Waals surface area (Å²) in [7, 11) is 3.37. The van der Waals surface area contributed by atoms with E-state index in [1.54, 1.807) is 37.3 Å². The predicted molar refractivity (Wildman–Crippen MR) is 142 cm³/mol. The number of aryl methyl sites for hydroxylation is 1. The summed E-state index contributed by atoms with van der Waals surface area (Å²) < 4.78 is 5.52. The molecule has 1 saturated heterocycles. The van der Waals surface area contributed by atoms with Gasteiger partial charge in [-0.25, -0.2) is 9.78 Å². The molecular weight excluding hydrogens is 478 g/mol. The van der Waals surface area contributed by atoms with Crippen molar-refractivity contribution in [2.75, 3.05) is 50.9 Å². The second kappa shape index (κ2) is 10.9. The zero-order valence-electron chi connectivity index (χ0n) is 20.7. The molecule has 1 fully saturated rings. The van der Waals surface area contributed by atoms with Crippen LogP contribution in [0.15, 0.2) is 54.7 Å². The van der Waals surface area contributed by atoms with Crippen LogP contribution in [0.2, 0.25) is 5.02 Å². The third-order valence-corrected chi connectivity index (χ3v) is 6.60. The van der Waals surface area contributed by atoms with Crippen LogP contribution in [0.5, 0.6) is 0 Å². The Balaban J connectivity index is 1.37. The summed E-state index contributed by atoms with van der Waals surface area (Å²) in [5.41, 5.74) is 11.1. The molecule has 0 spiro atoms.